The minimum Gasteiger partial charge on any atom is -0.380 e. The van der Waals surface area contributed by atoms with Crippen LogP contribution in [-0.4, -0.2) is 23.2 Å². The van der Waals surface area contributed by atoms with Crippen molar-refractivity contribution in [2.75, 3.05) is 6.54 Å². The Morgan fingerprint density at radius 1 is 1.26 bits per heavy atom. The van der Waals surface area contributed by atoms with Gasteiger partial charge in [0.1, 0.15) is 5.60 Å². The highest BCUT2D eigenvalue weighted by Gasteiger charge is 2.38. The Morgan fingerprint density at radius 2 is 1.89 bits per heavy atom. The fourth-order valence-corrected chi connectivity index (χ4v) is 2.62. The van der Waals surface area contributed by atoms with Gasteiger partial charge in [0.15, 0.2) is 0 Å². The molecule has 0 atom stereocenters. The van der Waals surface area contributed by atoms with Crippen LogP contribution in [0.15, 0.2) is 24.3 Å². The van der Waals surface area contributed by atoms with E-state index in [1.165, 1.54) is 5.56 Å². The van der Waals surface area contributed by atoms with Crippen molar-refractivity contribution in [3.63, 3.8) is 0 Å². The van der Waals surface area contributed by atoms with Gasteiger partial charge >= 0.3 is 0 Å². The quantitative estimate of drug-likeness (QED) is 0.815. The van der Waals surface area contributed by atoms with Gasteiger partial charge in [-0.3, -0.25) is 4.79 Å². The molecule has 2 rings (SSSR count). The summed E-state index contributed by atoms with van der Waals surface area (Å²) in [6, 6.07) is 7.73. The molecule has 1 aromatic rings. The number of hydrogen-bond acceptors (Lipinski definition) is 2. The Hall–Kier alpha value is -1.06. The molecule has 1 aliphatic rings. The lowest BCUT2D eigenvalue weighted by molar-refractivity contribution is -0.139. The van der Waals surface area contributed by atoms with Gasteiger partial charge < -0.3 is 10.4 Å². The first-order valence-electron chi connectivity index (χ1n) is 6.85. The molecule has 0 spiro atoms. The van der Waals surface area contributed by atoms with Crippen LogP contribution in [0.4, 0.5) is 0 Å². The molecule has 2 N–H and O–H groups in total. The van der Waals surface area contributed by atoms with E-state index in [-0.39, 0.29) is 5.91 Å². The van der Waals surface area contributed by atoms with Crippen LogP contribution in [0.1, 0.15) is 37.7 Å². The summed E-state index contributed by atoms with van der Waals surface area (Å²) in [5, 5.41) is 13.6. The van der Waals surface area contributed by atoms with Crippen molar-refractivity contribution in [3.8, 4) is 0 Å². The molecule has 0 heterocycles. The van der Waals surface area contributed by atoms with E-state index in [2.05, 4.69) is 5.32 Å². The summed E-state index contributed by atoms with van der Waals surface area (Å²) in [5.41, 5.74) is 0.0959. The molecule has 0 unspecified atom stereocenters. The van der Waals surface area contributed by atoms with Crippen molar-refractivity contribution in [1.29, 1.82) is 0 Å². The fraction of sp³-hybridized carbons (Fsp3) is 0.533. The first-order chi connectivity index (χ1) is 9.10. The smallest absolute Gasteiger partial charge is 0.251 e. The molecule has 1 fully saturated rings. The number of aliphatic hydroxyl groups is 1. The third-order valence-corrected chi connectivity index (χ3v) is 3.95. The number of carbonyl (C=O) groups is 1. The highest BCUT2D eigenvalue weighted by molar-refractivity contribution is 6.30. The minimum absolute atomic E-state index is 0.207. The predicted molar refractivity (Wildman–Crippen MR) is 76.2 cm³/mol. The van der Waals surface area contributed by atoms with E-state index in [4.69, 9.17) is 11.6 Å². The zero-order valence-electron chi connectivity index (χ0n) is 11.0. The molecule has 0 bridgehead atoms. The van der Waals surface area contributed by atoms with E-state index >= 15 is 0 Å². The van der Waals surface area contributed by atoms with Gasteiger partial charge in [-0.1, -0.05) is 23.7 Å². The topological polar surface area (TPSA) is 49.3 Å². The molecular formula is C15H20ClNO2. The van der Waals surface area contributed by atoms with Gasteiger partial charge in [0.25, 0.3) is 5.91 Å². The van der Waals surface area contributed by atoms with Crippen LogP contribution < -0.4 is 5.32 Å². The molecule has 1 aliphatic carbocycles. The number of hydrogen-bond donors (Lipinski definition) is 2. The molecule has 104 valence electrons. The summed E-state index contributed by atoms with van der Waals surface area (Å²) in [6.45, 7) is 0.601. The Morgan fingerprint density at radius 3 is 2.53 bits per heavy atom. The van der Waals surface area contributed by atoms with Crippen LogP contribution >= 0.6 is 11.6 Å². The van der Waals surface area contributed by atoms with Crippen molar-refractivity contribution < 1.29 is 9.90 Å². The molecule has 3 nitrogen and oxygen atoms in total. The summed E-state index contributed by atoms with van der Waals surface area (Å²) in [7, 11) is 0. The lowest BCUT2D eigenvalue weighted by Crippen LogP contribution is -2.45. The summed E-state index contributed by atoms with van der Waals surface area (Å²) in [5.74, 6) is -0.207. The maximum absolute atomic E-state index is 11.8. The molecule has 0 saturated heterocycles. The Kier molecular flexibility index (Phi) is 4.83. The van der Waals surface area contributed by atoms with Crippen LogP contribution in [0.2, 0.25) is 5.02 Å². The summed E-state index contributed by atoms with van der Waals surface area (Å²) >= 11 is 5.82. The normalized spacial score (nSPS) is 17.4. The molecule has 4 heteroatoms. The van der Waals surface area contributed by atoms with Crippen LogP contribution in [0.25, 0.3) is 0 Å². The molecule has 0 radical (unpaired) electrons. The summed E-state index contributed by atoms with van der Waals surface area (Å²) in [6.07, 6.45) is 4.83. The molecule has 0 aliphatic heterocycles. The largest absolute Gasteiger partial charge is 0.380 e. The van der Waals surface area contributed by atoms with E-state index in [0.717, 1.165) is 30.7 Å². The average Bonchev–Trinajstić information content (AvgIpc) is 2.85. The monoisotopic (exact) mass is 281 g/mol. The lowest BCUT2D eigenvalue weighted by Gasteiger charge is -2.20. The second kappa shape index (κ2) is 6.40. The maximum atomic E-state index is 11.8. The van der Waals surface area contributed by atoms with Crippen molar-refractivity contribution in [2.24, 2.45) is 0 Å². The van der Waals surface area contributed by atoms with Crippen molar-refractivity contribution in [2.45, 2.75) is 44.1 Å². The standard InChI is InChI=1S/C15H20ClNO2/c16-13-7-5-12(6-8-13)4-3-11-17-14(18)15(19)9-1-2-10-15/h5-8,19H,1-4,9-11H2,(H,17,18). The van der Waals surface area contributed by atoms with Gasteiger partial charge in [-0.25, -0.2) is 0 Å². The number of benzene rings is 1. The highest BCUT2D eigenvalue weighted by atomic mass is 35.5. The number of halogens is 1. The molecule has 1 saturated carbocycles. The number of aryl methyl sites for hydroxylation is 1. The van der Waals surface area contributed by atoms with Gasteiger partial charge in [0.2, 0.25) is 0 Å². The van der Waals surface area contributed by atoms with Gasteiger partial charge in [0, 0.05) is 11.6 Å². The minimum atomic E-state index is -1.11. The summed E-state index contributed by atoms with van der Waals surface area (Å²) in [4.78, 5) is 11.8. The van der Waals surface area contributed by atoms with Crippen LogP contribution in [0.5, 0.6) is 0 Å². The van der Waals surface area contributed by atoms with Gasteiger partial charge in [-0.15, -0.1) is 0 Å². The average molecular weight is 282 g/mol. The van der Waals surface area contributed by atoms with Crippen LogP contribution in [-0.2, 0) is 11.2 Å². The first-order valence-corrected chi connectivity index (χ1v) is 7.23. The molecule has 1 aromatic carbocycles. The number of rotatable bonds is 5. The number of amides is 1. The van der Waals surface area contributed by atoms with E-state index in [9.17, 15) is 9.90 Å². The van der Waals surface area contributed by atoms with Crippen molar-refractivity contribution >= 4 is 17.5 Å². The van der Waals surface area contributed by atoms with Gasteiger partial charge in [-0.05, 0) is 56.2 Å². The third kappa shape index (κ3) is 3.95. The Balaban J connectivity index is 1.69. The maximum Gasteiger partial charge on any atom is 0.251 e. The molecule has 0 aromatic heterocycles. The molecule has 1 amide bonds. The van der Waals surface area contributed by atoms with E-state index in [0.29, 0.717) is 19.4 Å². The first kappa shape index (κ1) is 14.4. The number of carbonyl (C=O) groups excluding carboxylic acids is 1. The molecule has 19 heavy (non-hydrogen) atoms. The van der Waals surface area contributed by atoms with Crippen LogP contribution in [0, 0.1) is 0 Å². The van der Waals surface area contributed by atoms with Crippen molar-refractivity contribution in [3.05, 3.63) is 34.9 Å². The van der Waals surface area contributed by atoms with Gasteiger partial charge in [-0.2, -0.15) is 0 Å². The second-order valence-corrected chi connectivity index (χ2v) is 5.66. The molecular weight excluding hydrogens is 262 g/mol. The Labute approximate surface area is 119 Å². The zero-order chi connectivity index (χ0) is 13.7. The lowest BCUT2D eigenvalue weighted by atomic mass is 10.0. The fourth-order valence-electron chi connectivity index (χ4n) is 2.50. The van der Waals surface area contributed by atoms with Crippen molar-refractivity contribution in [1.82, 2.24) is 5.32 Å². The van der Waals surface area contributed by atoms with Gasteiger partial charge in [0.05, 0.1) is 0 Å². The highest BCUT2D eigenvalue weighted by Crippen LogP contribution is 2.29. The zero-order valence-corrected chi connectivity index (χ0v) is 11.7. The second-order valence-electron chi connectivity index (χ2n) is 5.22. The summed E-state index contributed by atoms with van der Waals surface area (Å²) < 4.78 is 0. The predicted octanol–water partition coefficient (Wildman–Crippen LogP) is 2.69. The SMILES string of the molecule is O=C(NCCCc1ccc(Cl)cc1)C1(O)CCCC1. The Bertz CT molecular complexity index is 424. The number of nitrogens with one attached hydrogen (secondary N) is 1. The third-order valence-electron chi connectivity index (χ3n) is 3.69. The van der Waals surface area contributed by atoms with E-state index in [1.54, 1.807) is 0 Å². The van der Waals surface area contributed by atoms with Crippen LogP contribution in [0.3, 0.4) is 0 Å². The van der Waals surface area contributed by atoms with E-state index in [1.807, 2.05) is 24.3 Å². The van der Waals surface area contributed by atoms with E-state index < -0.39 is 5.60 Å².